The Labute approximate surface area is 173 Å². The van der Waals surface area contributed by atoms with E-state index in [1.54, 1.807) is 18.3 Å². The number of nitrogens with one attached hydrogen (secondary N) is 2. The fourth-order valence-corrected chi connectivity index (χ4v) is 2.70. The van der Waals surface area contributed by atoms with E-state index in [1.165, 1.54) is 0 Å². The van der Waals surface area contributed by atoms with Gasteiger partial charge in [0.05, 0.1) is 17.9 Å². The van der Waals surface area contributed by atoms with E-state index < -0.39 is 0 Å². The Kier molecular flexibility index (Phi) is 5.91. The van der Waals surface area contributed by atoms with Gasteiger partial charge in [-0.3, -0.25) is 9.78 Å². The fraction of sp³-hybridized carbons (Fsp3) is 0.0435. The van der Waals surface area contributed by atoms with Gasteiger partial charge < -0.3 is 15.4 Å². The number of pyridine rings is 1. The molecule has 0 aliphatic carbocycles. The molecule has 4 rings (SSSR count). The second-order valence-electron chi connectivity index (χ2n) is 6.34. The van der Waals surface area contributed by atoms with Crippen LogP contribution in [0.5, 0.6) is 11.5 Å². The minimum Gasteiger partial charge on any atom is -0.455 e. The van der Waals surface area contributed by atoms with Crippen LogP contribution in [0.4, 0.5) is 11.5 Å². The Bertz CT molecular complexity index is 1100. The Morgan fingerprint density at radius 2 is 1.63 bits per heavy atom. The van der Waals surface area contributed by atoms with Crippen molar-refractivity contribution in [1.82, 2.24) is 20.5 Å². The van der Waals surface area contributed by atoms with Gasteiger partial charge in [0.25, 0.3) is 5.91 Å². The normalized spacial score (nSPS) is 10.3. The quantitative estimate of drug-likeness (QED) is 0.482. The van der Waals surface area contributed by atoms with Gasteiger partial charge in [-0.1, -0.05) is 36.4 Å². The van der Waals surface area contributed by atoms with Gasteiger partial charge in [-0.25, -0.2) is 0 Å². The molecule has 2 aromatic carbocycles. The Balaban J connectivity index is 1.41. The smallest absolute Gasteiger partial charge is 0.272 e. The van der Waals surface area contributed by atoms with Gasteiger partial charge in [-0.05, 0) is 48.5 Å². The van der Waals surface area contributed by atoms with Crippen LogP contribution >= 0.6 is 0 Å². The number of aromatic nitrogens is 3. The fourth-order valence-electron chi connectivity index (χ4n) is 2.70. The second-order valence-corrected chi connectivity index (χ2v) is 6.34. The van der Waals surface area contributed by atoms with Gasteiger partial charge in [0.2, 0.25) is 0 Å². The first-order valence-electron chi connectivity index (χ1n) is 9.39. The van der Waals surface area contributed by atoms with E-state index in [9.17, 15) is 4.79 Å². The number of para-hydroxylation sites is 3. The standard InChI is InChI=1S/C23H19N5O2/c29-23(25-16-17-8-6-7-15-24-17)20-13-14-22(28-27-20)26-19-11-4-5-12-21(19)30-18-9-2-1-3-10-18/h1-15H,16H2,(H,25,29)(H,26,28). The van der Waals surface area contributed by atoms with Gasteiger partial charge in [-0.2, -0.15) is 0 Å². The van der Waals surface area contributed by atoms with Crippen LogP contribution in [-0.2, 0) is 6.54 Å². The summed E-state index contributed by atoms with van der Waals surface area (Å²) in [5, 5.41) is 14.1. The zero-order valence-corrected chi connectivity index (χ0v) is 16.0. The lowest BCUT2D eigenvalue weighted by atomic mass is 10.2. The summed E-state index contributed by atoms with van der Waals surface area (Å²) in [5.41, 5.74) is 1.74. The van der Waals surface area contributed by atoms with Crippen LogP contribution in [0.1, 0.15) is 16.2 Å². The summed E-state index contributed by atoms with van der Waals surface area (Å²) in [6, 6.07) is 25.9. The van der Waals surface area contributed by atoms with Crippen LogP contribution in [0.15, 0.2) is 91.1 Å². The Hall–Kier alpha value is -4.26. The molecule has 0 fully saturated rings. The van der Waals surface area contributed by atoms with Gasteiger partial charge >= 0.3 is 0 Å². The van der Waals surface area contributed by atoms with E-state index >= 15 is 0 Å². The van der Waals surface area contributed by atoms with Gasteiger partial charge in [-0.15, -0.1) is 10.2 Å². The lowest BCUT2D eigenvalue weighted by Crippen LogP contribution is -2.24. The highest BCUT2D eigenvalue weighted by molar-refractivity contribution is 5.92. The molecule has 7 heteroatoms. The average Bonchev–Trinajstić information content (AvgIpc) is 2.81. The molecule has 0 unspecified atom stereocenters. The molecule has 30 heavy (non-hydrogen) atoms. The van der Waals surface area contributed by atoms with Crippen molar-refractivity contribution in [1.29, 1.82) is 0 Å². The highest BCUT2D eigenvalue weighted by Crippen LogP contribution is 2.30. The van der Waals surface area contributed by atoms with Gasteiger partial charge in [0.1, 0.15) is 5.75 Å². The predicted molar refractivity (Wildman–Crippen MR) is 114 cm³/mol. The molecule has 0 aliphatic heterocycles. The van der Waals surface area contributed by atoms with Crippen molar-refractivity contribution in [3.8, 4) is 11.5 Å². The molecule has 1 amide bonds. The molecule has 2 heterocycles. The van der Waals surface area contributed by atoms with Crippen molar-refractivity contribution < 1.29 is 9.53 Å². The van der Waals surface area contributed by atoms with Crippen molar-refractivity contribution in [2.45, 2.75) is 6.54 Å². The molecule has 4 aromatic rings. The van der Waals surface area contributed by atoms with Crippen LogP contribution in [0.2, 0.25) is 0 Å². The van der Waals surface area contributed by atoms with Crippen LogP contribution in [-0.4, -0.2) is 21.1 Å². The maximum Gasteiger partial charge on any atom is 0.272 e. The number of carbonyl (C=O) groups excluding carboxylic acids is 1. The first-order valence-corrected chi connectivity index (χ1v) is 9.39. The SMILES string of the molecule is O=C(NCc1ccccn1)c1ccc(Nc2ccccc2Oc2ccccc2)nn1. The number of anilines is 2. The first-order chi connectivity index (χ1) is 14.8. The Morgan fingerprint density at radius 3 is 2.40 bits per heavy atom. The molecule has 0 atom stereocenters. The zero-order valence-electron chi connectivity index (χ0n) is 16.0. The maximum absolute atomic E-state index is 12.3. The summed E-state index contributed by atoms with van der Waals surface area (Å²) in [7, 11) is 0. The predicted octanol–water partition coefficient (Wildman–Crippen LogP) is 4.34. The highest BCUT2D eigenvalue weighted by Gasteiger charge is 2.10. The summed E-state index contributed by atoms with van der Waals surface area (Å²) in [4.78, 5) is 16.4. The van der Waals surface area contributed by atoms with E-state index in [0.29, 0.717) is 18.1 Å². The molecule has 0 aliphatic rings. The molecule has 0 saturated heterocycles. The number of nitrogens with zero attached hydrogens (tertiary/aromatic N) is 3. The minimum atomic E-state index is -0.312. The summed E-state index contributed by atoms with van der Waals surface area (Å²) in [6.45, 7) is 0.325. The summed E-state index contributed by atoms with van der Waals surface area (Å²) in [5.74, 6) is 1.58. The largest absolute Gasteiger partial charge is 0.455 e. The van der Waals surface area contributed by atoms with E-state index in [2.05, 4.69) is 25.8 Å². The average molecular weight is 397 g/mol. The van der Waals surface area contributed by atoms with Gasteiger partial charge in [0, 0.05) is 6.20 Å². The summed E-state index contributed by atoms with van der Waals surface area (Å²) < 4.78 is 5.94. The van der Waals surface area contributed by atoms with Crippen LogP contribution in [0, 0.1) is 0 Å². The maximum atomic E-state index is 12.3. The van der Waals surface area contributed by atoms with E-state index in [-0.39, 0.29) is 11.6 Å². The molecule has 2 aromatic heterocycles. The summed E-state index contributed by atoms with van der Waals surface area (Å²) >= 11 is 0. The molecule has 0 spiro atoms. The third-order valence-corrected chi connectivity index (χ3v) is 4.17. The topological polar surface area (TPSA) is 89.0 Å². The van der Waals surface area contributed by atoms with E-state index in [0.717, 1.165) is 17.1 Å². The molecule has 7 nitrogen and oxygen atoms in total. The minimum absolute atomic E-state index is 0.227. The Morgan fingerprint density at radius 1 is 0.833 bits per heavy atom. The van der Waals surface area contributed by atoms with E-state index in [1.807, 2.05) is 72.8 Å². The van der Waals surface area contributed by atoms with Crippen molar-refractivity contribution in [2.75, 3.05) is 5.32 Å². The van der Waals surface area contributed by atoms with Crippen LogP contribution < -0.4 is 15.4 Å². The lowest BCUT2D eigenvalue weighted by Gasteiger charge is -2.12. The van der Waals surface area contributed by atoms with Crippen LogP contribution in [0.25, 0.3) is 0 Å². The monoisotopic (exact) mass is 397 g/mol. The number of benzene rings is 2. The number of ether oxygens (including phenoxy) is 1. The van der Waals surface area contributed by atoms with Gasteiger partial charge in [0.15, 0.2) is 17.3 Å². The van der Waals surface area contributed by atoms with Crippen molar-refractivity contribution in [3.63, 3.8) is 0 Å². The third-order valence-electron chi connectivity index (χ3n) is 4.17. The van der Waals surface area contributed by atoms with Crippen LogP contribution in [0.3, 0.4) is 0 Å². The van der Waals surface area contributed by atoms with Crippen molar-refractivity contribution in [3.05, 3.63) is 103 Å². The molecular formula is C23H19N5O2. The highest BCUT2D eigenvalue weighted by atomic mass is 16.5. The molecule has 2 N–H and O–H groups in total. The van der Waals surface area contributed by atoms with Crippen molar-refractivity contribution >= 4 is 17.4 Å². The molecule has 148 valence electrons. The number of hydrogen-bond donors (Lipinski definition) is 2. The first kappa shape index (κ1) is 19.1. The zero-order chi connectivity index (χ0) is 20.6. The molecular weight excluding hydrogens is 378 g/mol. The molecule has 0 radical (unpaired) electrons. The lowest BCUT2D eigenvalue weighted by molar-refractivity contribution is 0.0944. The molecule has 0 bridgehead atoms. The second kappa shape index (κ2) is 9.29. The molecule has 0 saturated carbocycles. The third kappa shape index (κ3) is 4.96. The number of carbonyl (C=O) groups is 1. The summed E-state index contributed by atoms with van der Waals surface area (Å²) in [6.07, 6.45) is 1.68. The van der Waals surface area contributed by atoms with E-state index in [4.69, 9.17) is 4.74 Å². The number of rotatable bonds is 7. The number of hydrogen-bond acceptors (Lipinski definition) is 6. The van der Waals surface area contributed by atoms with Crippen molar-refractivity contribution in [2.24, 2.45) is 0 Å². The number of amides is 1.